The average molecular weight is 182 g/mol. The van der Waals surface area contributed by atoms with Crippen LogP contribution < -0.4 is 5.73 Å². The van der Waals surface area contributed by atoms with Gasteiger partial charge in [-0.3, -0.25) is 4.90 Å². The predicted molar refractivity (Wildman–Crippen MR) is 55.6 cm³/mol. The maximum atomic E-state index is 6.06. The van der Waals surface area contributed by atoms with Crippen LogP contribution >= 0.6 is 0 Å². The minimum atomic E-state index is -0.0164. The summed E-state index contributed by atoms with van der Waals surface area (Å²) in [7, 11) is 0. The molecule has 2 saturated heterocycles. The lowest BCUT2D eigenvalue weighted by molar-refractivity contribution is 0.0356. The molecule has 3 aliphatic rings. The summed E-state index contributed by atoms with van der Waals surface area (Å²) < 4.78 is 0. The van der Waals surface area contributed by atoms with E-state index in [9.17, 15) is 0 Å². The van der Waals surface area contributed by atoms with Gasteiger partial charge in [0.2, 0.25) is 0 Å². The number of hydrogen-bond acceptors (Lipinski definition) is 2. The normalized spacial score (nSPS) is 35.3. The van der Waals surface area contributed by atoms with Crippen molar-refractivity contribution in [2.24, 2.45) is 11.7 Å². The lowest BCUT2D eigenvalue weighted by Gasteiger charge is -2.47. The van der Waals surface area contributed by atoms with Crippen LogP contribution in [-0.4, -0.2) is 29.6 Å². The highest BCUT2D eigenvalue weighted by atomic mass is 15.2. The van der Waals surface area contributed by atoms with Gasteiger partial charge in [0.25, 0.3) is 0 Å². The van der Waals surface area contributed by atoms with Gasteiger partial charge in [0, 0.05) is 24.7 Å². The van der Waals surface area contributed by atoms with Crippen molar-refractivity contribution in [3.63, 3.8) is 0 Å². The van der Waals surface area contributed by atoms with Crippen molar-refractivity contribution in [1.29, 1.82) is 0 Å². The first kappa shape index (κ1) is 9.47. The Balaban J connectivity index is 1.94. The molecule has 3 fully saturated rings. The Morgan fingerprint density at radius 3 is 2.23 bits per heavy atom. The van der Waals surface area contributed by atoms with Gasteiger partial charge >= 0.3 is 0 Å². The number of hydrogen-bond donors (Lipinski definition) is 1. The zero-order valence-corrected chi connectivity index (χ0v) is 8.92. The SMILES string of the molecule is CC(C)(N)CN1CC2CCC1CC2. The number of rotatable bonds is 2. The molecule has 13 heavy (non-hydrogen) atoms. The molecule has 0 spiro atoms. The number of piperidine rings is 2. The Hall–Kier alpha value is -0.0800. The summed E-state index contributed by atoms with van der Waals surface area (Å²) in [5.74, 6) is 0.979. The van der Waals surface area contributed by atoms with E-state index in [1.807, 2.05) is 0 Å². The molecular formula is C11H22N2. The first-order chi connectivity index (χ1) is 6.04. The lowest BCUT2D eigenvalue weighted by Crippen LogP contribution is -2.55. The zero-order valence-electron chi connectivity index (χ0n) is 8.92. The molecule has 0 aromatic carbocycles. The maximum absolute atomic E-state index is 6.06. The summed E-state index contributed by atoms with van der Waals surface area (Å²) in [5.41, 5.74) is 6.04. The van der Waals surface area contributed by atoms with Gasteiger partial charge < -0.3 is 5.73 Å². The van der Waals surface area contributed by atoms with Crippen molar-refractivity contribution < 1.29 is 0 Å². The van der Waals surface area contributed by atoms with Gasteiger partial charge in [-0.25, -0.2) is 0 Å². The van der Waals surface area contributed by atoms with Crippen LogP contribution in [-0.2, 0) is 0 Å². The third-order valence-corrected chi connectivity index (χ3v) is 3.44. The Bertz CT molecular complexity index is 175. The van der Waals surface area contributed by atoms with Gasteiger partial charge in [0.1, 0.15) is 0 Å². The lowest BCUT2D eigenvalue weighted by atomic mass is 9.79. The molecule has 1 saturated carbocycles. The molecule has 0 radical (unpaired) electrons. The smallest absolute Gasteiger partial charge is 0.0226 e. The topological polar surface area (TPSA) is 29.3 Å². The summed E-state index contributed by atoms with van der Waals surface area (Å²) in [4.78, 5) is 2.62. The van der Waals surface area contributed by atoms with E-state index in [-0.39, 0.29) is 5.54 Å². The second-order valence-electron chi connectivity index (χ2n) is 5.59. The van der Waals surface area contributed by atoms with Crippen LogP contribution in [0.3, 0.4) is 0 Å². The molecule has 2 heteroatoms. The maximum Gasteiger partial charge on any atom is 0.0226 e. The van der Waals surface area contributed by atoms with Gasteiger partial charge in [0.05, 0.1) is 0 Å². The van der Waals surface area contributed by atoms with E-state index >= 15 is 0 Å². The van der Waals surface area contributed by atoms with E-state index in [1.165, 1.54) is 32.2 Å². The summed E-state index contributed by atoms with van der Waals surface area (Å²) in [6, 6.07) is 0.854. The predicted octanol–water partition coefficient (Wildman–Crippen LogP) is 1.60. The van der Waals surface area contributed by atoms with Crippen molar-refractivity contribution in [2.75, 3.05) is 13.1 Å². The standard InChI is InChI=1S/C11H22N2/c1-11(2,12)8-13-7-9-3-5-10(13)6-4-9/h9-10H,3-8,12H2,1-2H3. The van der Waals surface area contributed by atoms with Gasteiger partial charge in [0.15, 0.2) is 0 Å². The van der Waals surface area contributed by atoms with Crippen molar-refractivity contribution in [3.8, 4) is 0 Å². The molecule has 76 valence electrons. The Labute approximate surface area is 81.5 Å². The van der Waals surface area contributed by atoms with Crippen molar-refractivity contribution >= 4 is 0 Å². The number of nitrogens with zero attached hydrogens (tertiary/aromatic N) is 1. The summed E-state index contributed by atoms with van der Waals surface area (Å²) in [6.07, 6.45) is 5.76. The largest absolute Gasteiger partial charge is 0.324 e. The molecule has 2 N–H and O–H groups in total. The fourth-order valence-corrected chi connectivity index (χ4v) is 2.89. The fraction of sp³-hybridized carbons (Fsp3) is 1.00. The molecule has 2 heterocycles. The molecule has 0 aromatic rings. The first-order valence-electron chi connectivity index (χ1n) is 5.57. The molecule has 2 aliphatic heterocycles. The molecule has 0 aromatic heterocycles. The second-order valence-corrected chi connectivity index (χ2v) is 5.59. The van der Waals surface area contributed by atoms with E-state index < -0.39 is 0 Å². The van der Waals surface area contributed by atoms with Crippen LogP contribution in [0.2, 0.25) is 0 Å². The van der Waals surface area contributed by atoms with E-state index in [0.29, 0.717) is 0 Å². The van der Waals surface area contributed by atoms with Crippen molar-refractivity contribution in [3.05, 3.63) is 0 Å². The van der Waals surface area contributed by atoms with Crippen molar-refractivity contribution in [1.82, 2.24) is 4.90 Å². The summed E-state index contributed by atoms with van der Waals surface area (Å²) in [6.45, 7) is 6.66. The summed E-state index contributed by atoms with van der Waals surface area (Å²) >= 11 is 0. The van der Waals surface area contributed by atoms with Crippen LogP contribution in [0.4, 0.5) is 0 Å². The number of nitrogens with two attached hydrogens (primary N) is 1. The molecule has 2 bridgehead atoms. The van der Waals surface area contributed by atoms with Crippen LogP contribution in [0.5, 0.6) is 0 Å². The Morgan fingerprint density at radius 2 is 1.85 bits per heavy atom. The third-order valence-electron chi connectivity index (χ3n) is 3.44. The third kappa shape index (κ3) is 2.23. The van der Waals surface area contributed by atoms with Crippen LogP contribution in [0.15, 0.2) is 0 Å². The molecule has 2 nitrogen and oxygen atoms in total. The van der Waals surface area contributed by atoms with Gasteiger partial charge in [-0.15, -0.1) is 0 Å². The molecule has 0 atom stereocenters. The number of fused-ring (bicyclic) bond motifs is 3. The fourth-order valence-electron chi connectivity index (χ4n) is 2.89. The van der Waals surface area contributed by atoms with Crippen LogP contribution in [0, 0.1) is 5.92 Å². The van der Waals surface area contributed by atoms with Gasteiger partial charge in [-0.1, -0.05) is 0 Å². The molecule has 3 rings (SSSR count). The van der Waals surface area contributed by atoms with E-state index in [1.54, 1.807) is 0 Å². The minimum absolute atomic E-state index is 0.0164. The highest BCUT2D eigenvalue weighted by molar-refractivity contribution is 4.91. The molecule has 0 amide bonds. The minimum Gasteiger partial charge on any atom is -0.324 e. The highest BCUT2D eigenvalue weighted by Crippen LogP contribution is 2.35. The average Bonchev–Trinajstić information content (AvgIpc) is 2.03. The van der Waals surface area contributed by atoms with Gasteiger partial charge in [-0.05, 0) is 45.4 Å². The second kappa shape index (κ2) is 3.25. The van der Waals surface area contributed by atoms with Crippen molar-refractivity contribution in [2.45, 2.75) is 51.1 Å². The zero-order chi connectivity index (χ0) is 9.47. The Morgan fingerprint density at radius 1 is 1.23 bits per heavy atom. The van der Waals surface area contributed by atoms with E-state index in [0.717, 1.165) is 18.5 Å². The first-order valence-corrected chi connectivity index (χ1v) is 5.57. The molecular weight excluding hydrogens is 160 g/mol. The van der Waals surface area contributed by atoms with Crippen LogP contribution in [0.1, 0.15) is 39.5 Å². The van der Waals surface area contributed by atoms with Gasteiger partial charge in [-0.2, -0.15) is 0 Å². The molecule has 0 unspecified atom stereocenters. The summed E-state index contributed by atoms with van der Waals surface area (Å²) in [5, 5.41) is 0. The Kier molecular flexibility index (Phi) is 2.37. The van der Waals surface area contributed by atoms with E-state index in [4.69, 9.17) is 5.73 Å². The molecule has 1 aliphatic carbocycles. The van der Waals surface area contributed by atoms with E-state index in [2.05, 4.69) is 18.7 Å². The van der Waals surface area contributed by atoms with Crippen LogP contribution in [0.25, 0.3) is 0 Å². The quantitative estimate of drug-likeness (QED) is 0.703. The highest BCUT2D eigenvalue weighted by Gasteiger charge is 2.35. The monoisotopic (exact) mass is 182 g/mol.